The van der Waals surface area contributed by atoms with E-state index in [0.717, 1.165) is 12.5 Å². The zero-order chi connectivity index (χ0) is 6.69. The number of rotatable bonds is 4. The quantitative estimate of drug-likeness (QED) is 0.562. The normalized spacial score (nSPS) is 21.4. The summed E-state index contributed by atoms with van der Waals surface area (Å²) in [5, 5.41) is 3.38. The van der Waals surface area contributed by atoms with E-state index >= 15 is 0 Å². The van der Waals surface area contributed by atoms with Gasteiger partial charge in [-0.25, -0.2) is 0 Å². The van der Waals surface area contributed by atoms with Gasteiger partial charge in [-0.3, -0.25) is 0 Å². The molecule has 1 fully saturated rings. The van der Waals surface area contributed by atoms with Crippen LogP contribution in [-0.4, -0.2) is 12.6 Å². The fourth-order valence-electron chi connectivity index (χ4n) is 1.13. The van der Waals surface area contributed by atoms with Gasteiger partial charge in [-0.15, -0.1) is 6.58 Å². The molecule has 1 aliphatic carbocycles. The molecule has 52 valence electrons. The Labute approximate surface area is 57.1 Å². The molecule has 0 aliphatic heterocycles. The standard InChI is InChI=1S/C8H15N/c1-3-8(9-4-2)7-5-6-7/h3,7-9H,1,4-6H2,2H3. The van der Waals surface area contributed by atoms with E-state index in [-0.39, 0.29) is 0 Å². The Morgan fingerprint density at radius 3 is 2.78 bits per heavy atom. The van der Waals surface area contributed by atoms with Gasteiger partial charge in [0.1, 0.15) is 0 Å². The Hall–Kier alpha value is -0.300. The van der Waals surface area contributed by atoms with E-state index in [0.29, 0.717) is 6.04 Å². The zero-order valence-corrected chi connectivity index (χ0v) is 6.06. The summed E-state index contributed by atoms with van der Waals surface area (Å²) in [6.07, 6.45) is 4.81. The van der Waals surface area contributed by atoms with E-state index in [1.807, 2.05) is 6.08 Å². The van der Waals surface area contributed by atoms with Gasteiger partial charge in [-0.05, 0) is 25.3 Å². The third-order valence-corrected chi connectivity index (χ3v) is 1.82. The summed E-state index contributed by atoms with van der Waals surface area (Å²) in [5.74, 6) is 0.905. The van der Waals surface area contributed by atoms with Gasteiger partial charge in [-0.1, -0.05) is 13.0 Å². The van der Waals surface area contributed by atoms with E-state index < -0.39 is 0 Å². The van der Waals surface area contributed by atoms with Crippen LogP contribution in [0.15, 0.2) is 12.7 Å². The maximum atomic E-state index is 3.78. The number of likely N-dealkylation sites (N-methyl/N-ethyl adjacent to an activating group) is 1. The molecule has 1 N–H and O–H groups in total. The third-order valence-electron chi connectivity index (χ3n) is 1.82. The van der Waals surface area contributed by atoms with E-state index in [9.17, 15) is 0 Å². The smallest absolute Gasteiger partial charge is 0.0275 e. The van der Waals surface area contributed by atoms with E-state index in [4.69, 9.17) is 0 Å². The predicted octanol–water partition coefficient (Wildman–Crippen LogP) is 1.56. The highest BCUT2D eigenvalue weighted by atomic mass is 14.9. The van der Waals surface area contributed by atoms with Crippen LogP contribution in [0.3, 0.4) is 0 Å². The lowest BCUT2D eigenvalue weighted by Crippen LogP contribution is -2.28. The van der Waals surface area contributed by atoms with Crippen molar-refractivity contribution < 1.29 is 0 Å². The summed E-state index contributed by atoms with van der Waals surface area (Å²) in [6, 6.07) is 0.593. The first-order valence-corrected chi connectivity index (χ1v) is 3.74. The lowest BCUT2D eigenvalue weighted by molar-refractivity contribution is 0.558. The lowest BCUT2D eigenvalue weighted by Gasteiger charge is -2.10. The van der Waals surface area contributed by atoms with Crippen LogP contribution in [0.5, 0.6) is 0 Å². The van der Waals surface area contributed by atoms with Crippen molar-refractivity contribution in [2.24, 2.45) is 5.92 Å². The van der Waals surface area contributed by atoms with Crippen molar-refractivity contribution in [2.45, 2.75) is 25.8 Å². The van der Waals surface area contributed by atoms with Crippen molar-refractivity contribution in [1.82, 2.24) is 5.32 Å². The van der Waals surface area contributed by atoms with Crippen LogP contribution < -0.4 is 5.32 Å². The molecule has 1 aliphatic rings. The molecule has 0 aromatic carbocycles. The average molecular weight is 125 g/mol. The summed E-state index contributed by atoms with van der Waals surface area (Å²) >= 11 is 0. The Morgan fingerprint density at radius 1 is 1.78 bits per heavy atom. The minimum atomic E-state index is 0.593. The molecule has 0 radical (unpaired) electrons. The fourth-order valence-corrected chi connectivity index (χ4v) is 1.13. The number of hydrogen-bond donors (Lipinski definition) is 1. The van der Waals surface area contributed by atoms with Crippen molar-refractivity contribution in [3.63, 3.8) is 0 Å². The first-order valence-electron chi connectivity index (χ1n) is 3.74. The topological polar surface area (TPSA) is 12.0 Å². The molecular formula is C8H15N. The molecule has 0 amide bonds. The van der Waals surface area contributed by atoms with Crippen LogP contribution in [0.2, 0.25) is 0 Å². The van der Waals surface area contributed by atoms with Crippen molar-refractivity contribution in [2.75, 3.05) is 6.54 Å². The highest BCUT2D eigenvalue weighted by Crippen LogP contribution is 2.32. The molecule has 0 saturated heterocycles. The Kier molecular flexibility index (Phi) is 2.29. The maximum Gasteiger partial charge on any atom is 0.0275 e. The maximum absolute atomic E-state index is 3.78. The zero-order valence-electron chi connectivity index (χ0n) is 6.06. The molecule has 1 saturated carbocycles. The van der Waals surface area contributed by atoms with E-state index in [1.165, 1.54) is 12.8 Å². The van der Waals surface area contributed by atoms with Crippen LogP contribution in [0.1, 0.15) is 19.8 Å². The summed E-state index contributed by atoms with van der Waals surface area (Å²) in [4.78, 5) is 0. The molecule has 1 nitrogen and oxygen atoms in total. The number of nitrogens with one attached hydrogen (secondary N) is 1. The van der Waals surface area contributed by atoms with E-state index in [2.05, 4.69) is 18.8 Å². The van der Waals surface area contributed by atoms with Gasteiger partial charge in [0.2, 0.25) is 0 Å². The molecule has 0 aromatic rings. The summed E-state index contributed by atoms with van der Waals surface area (Å²) in [6.45, 7) is 6.98. The van der Waals surface area contributed by atoms with Gasteiger partial charge < -0.3 is 5.32 Å². The van der Waals surface area contributed by atoms with Crippen molar-refractivity contribution in [1.29, 1.82) is 0 Å². The molecule has 0 heterocycles. The van der Waals surface area contributed by atoms with Gasteiger partial charge in [0.15, 0.2) is 0 Å². The predicted molar refractivity (Wildman–Crippen MR) is 40.4 cm³/mol. The molecule has 1 heteroatoms. The Balaban J connectivity index is 2.20. The van der Waals surface area contributed by atoms with Gasteiger partial charge in [0.25, 0.3) is 0 Å². The van der Waals surface area contributed by atoms with Gasteiger partial charge in [-0.2, -0.15) is 0 Å². The highest BCUT2D eigenvalue weighted by molar-refractivity contribution is 4.96. The lowest BCUT2D eigenvalue weighted by atomic mass is 10.2. The molecule has 1 rings (SSSR count). The second-order valence-electron chi connectivity index (χ2n) is 2.66. The average Bonchev–Trinajstić information content (AvgIpc) is 2.64. The highest BCUT2D eigenvalue weighted by Gasteiger charge is 2.27. The molecule has 0 bridgehead atoms. The van der Waals surface area contributed by atoms with Crippen LogP contribution in [0.25, 0.3) is 0 Å². The minimum absolute atomic E-state index is 0.593. The molecular weight excluding hydrogens is 110 g/mol. The largest absolute Gasteiger partial charge is 0.311 e. The van der Waals surface area contributed by atoms with Crippen molar-refractivity contribution in [3.05, 3.63) is 12.7 Å². The second-order valence-corrected chi connectivity index (χ2v) is 2.66. The fraction of sp³-hybridized carbons (Fsp3) is 0.750. The van der Waals surface area contributed by atoms with Gasteiger partial charge in [0, 0.05) is 6.04 Å². The second kappa shape index (κ2) is 3.02. The van der Waals surface area contributed by atoms with Crippen LogP contribution >= 0.6 is 0 Å². The van der Waals surface area contributed by atoms with Gasteiger partial charge >= 0.3 is 0 Å². The molecule has 1 unspecified atom stereocenters. The molecule has 1 atom stereocenters. The number of hydrogen-bond acceptors (Lipinski definition) is 1. The van der Waals surface area contributed by atoms with Crippen molar-refractivity contribution in [3.8, 4) is 0 Å². The van der Waals surface area contributed by atoms with Crippen LogP contribution in [0, 0.1) is 5.92 Å². The molecule has 9 heavy (non-hydrogen) atoms. The minimum Gasteiger partial charge on any atom is -0.311 e. The molecule has 0 aromatic heterocycles. The Bertz CT molecular complexity index is 94.7. The molecule has 0 spiro atoms. The van der Waals surface area contributed by atoms with Crippen molar-refractivity contribution >= 4 is 0 Å². The third kappa shape index (κ3) is 1.83. The SMILES string of the molecule is C=CC(NCC)C1CC1. The van der Waals surface area contributed by atoms with Crippen LogP contribution in [-0.2, 0) is 0 Å². The summed E-state index contributed by atoms with van der Waals surface area (Å²) in [7, 11) is 0. The first-order chi connectivity index (χ1) is 4.38. The first kappa shape index (κ1) is 6.81. The summed E-state index contributed by atoms with van der Waals surface area (Å²) < 4.78 is 0. The van der Waals surface area contributed by atoms with Gasteiger partial charge in [0.05, 0.1) is 0 Å². The van der Waals surface area contributed by atoms with E-state index in [1.54, 1.807) is 0 Å². The Morgan fingerprint density at radius 2 is 2.44 bits per heavy atom. The van der Waals surface area contributed by atoms with Crippen LogP contribution in [0.4, 0.5) is 0 Å². The monoisotopic (exact) mass is 125 g/mol. The summed E-state index contributed by atoms with van der Waals surface area (Å²) in [5.41, 5.74) is 0.